The van der Waals surface area contributed by atoms with E-state index in [0.29, 0.717) is 24.7 Å². The van der Waals surface area contributed by atoms with E-state index in [-0.39, 0.29) is 12.1 Å². The van der Waals surface area contributed by atoms with Crippen LogP contribution in [0.15, 0.2) is 30.7 Å². The number of nitrogens with zero attached hydrogens (tertiary/aromatic N) is 4. The summed E-state index contributed by atoms with van der Waals surface area (Å²) in [6.45, 7) is 4.88. The summed E-state index contributed by atoms with van der Waals surface area (Å²) in [5, 5.41) is 3.13. The highest BCUT2D eigenvalue weighted by Crippen LogP contribution is 2.35. The number of hydrogen-bond acceptors (Lipinski definition) is 5. The van der Waals surface area contributed by atoms with E-state index >= 15 is 0 Å². The number of benzene rings is 1. The molecule has 1 aliphatic rings. The molecule has 1 aromatic carbocycles. The van der Waals surface area contributed by atoms with E-state index in [0.717, 1.165) is 56.6 Å². The van der Waals surface area contributed by atoms with Crippen molar-refractivity contribution in [3.63, 3.8) is 0 Å². The number of amides is 2. The molecule has 1 aliphatic carbocycles. The molecule has 1 saturated carbocycles. The van der Waals surface area contributed by atoms with Gasteiger partial charge in [-0.2, -0.15) is 0 Å². The van der Waals surface area contributed by atoms with Gasteiger partial charge in [0.15, 0.2) is 11.5 Å². The second kappa shape index (κ2) is 12.5. The maximum Gasteiger partial charge on any atom is 0.322 e. The van der Waals surface area contributed by atoms with Crippen molar-refractivity contribution in [2.45, 2.75) is 58.0 Å². The number of hydrogen-bond donors (Lipinski definition) is 1. The third kappa shape index (κ3) is 7.12. The van der Waals surface area contributed by atoms with Crippen LogP contribution < -0.4 is 19.7 Å². The first-order valence-corrected chi connectivity index (χ1v) is 12.0. The van der Waals surface area contributed by atoms with Gasteiger partial charge < -0.3 is 24.3 Å². The number of aromatic nitrogens is 2. The van der Waals surface area contributed by atoms with Crippen molar-refractivity contribution in [1.29, 1.82) is 0 Å². The Labute approximate surface area is 197 Å². The van der Waals surface area contributed by atoms with E-state index < -0.39 is 0 Å². The molecule has 1 aromatic heterocycles. The molecule has 1 fully saturated rings. The first-order valence-electron chi connectivity index (χ1n) is 12.0. The lowest BCUT2D eigenvalue weighted by Gasteiger charge is -2.34. The Kier molecular flexibility index (Phi) is 9.42. The molecular formula is C25H39N5O3. The number of likely N-dealkylation sites (N-methyl/N-ethyl adjacent to an activating group) is 1. The molecule has 0 atom stereocenters. The van der Waals surface area contributed by atoms with Crippen LogP contribution in [0.5, 0.6) is 11.5 Å². The monoisotopic (exact) mass is 457 g/mol. The summed E-state index contributed by atoms with van der Waals surface area (Å²) in [6.07, 6.45) is 10.1. The van der Waals surface area contributed by atoms with Crippen LogP contribution in [0.1, 0.15) is 44.2 Å². The Bertz CT molecular complexity index is 877. The van der Waals surface area contributed by atoms with Gasteiger partial charge in [-0.15, -0.1) is 0 Å². The summed E-state index contributed by atoms with van der Waals surface area (Å²) in [7, 11) is 5.67. The number of methoxy groups -OCH3 is 1. The average Bonchev–Trinajstić information content (AvgIpc) is 3.22. The highest BCUT2D eigenvalue weighted by Gasteiger charge is 2.27. The standard InChI is InChI=1S/C25H39N5O3/c1-20-18-26-19-29(20)14-8-13-27-25(31)30(21-9-6-5-7-10-21)22-11-12-23(24(17-22)32-4)33-16-15-28(2)3/h11-12,17-19,21H,5-10,13-16H2,1-4H3,(H,27,31). The lowest BCUT2D eigenvalue weighted by molar-refractivity contribution is 0.240. The smallest absolute Gasteiger partial charge is 0.322 e. The number of rotatable bonds is 11. The van der Waals surface area contributed by atoms with Gasteiger partial charge in [-0.1, -0.05) is 19.3 Å². The molecule has 2 aromatic rings. The van der Waals surface area contributed by atoms with Crippen LogP contribution in [0.2, 0.25) is 0 Å². The van der Waals surface area contributed by atoms with E-state index in [1.54, 1.807) is 7.11 Å². The van der Waals surface area contributed by atoms with E-state index in [1.165, 1.54) is 6.42 Å². The Morgan fingerprint density at radius 3 is 2.67 bits per heavy atom. The molecule has 1 N–H and O–H groups in total. The van der Waals surface area contributed by atoms with E-state index in [4.69, 9.17) is 9.47 Å². The molecule has 1 heterocycles. The number of ether oxygens (including phenoxy) is 2. The highest BCUT2D eigenvalue weighted by atomic mass is 16.5. The van der Waals surface area contributed by atoms with Crippen molar-refractivity contribution >= 4 is 11.7 Å². The second-order valence-corrected chi connectivity index (χ2v) is 8.96. The minimum Gasteiger partial charge on any atom is -0.493 e. The average molecular weight is 458 g/mol. The molecule has 33 heavy (non-hydrogen) atoms. The van der Waals surface area contributed by atoms with Gasteiger partial charge in [0.1, 0.15) is 6.61 Å². The van der Waals surface area contributed by atoms with Gasteiger partial charge in [0, 0.05) is 49.3 Å². The molecule has 0 unspecified atom stereocenters. The summed E-state index contributed by atoms with van der Waals surface area (Å²) in [4.78, 5) is 21.5. The zero-order valence-corrected chi connectivity index (χ0v) is 20.5. The zero-order valence-electron chi connectivity index (χ0n) is 20.5. The minimum atomic E-state index is -0.0485. The van der Waals surface area contributed by atoms with Crippen molar-refractivity contribution in [3.8, 4) is 11.5 Å². The molecule has 2 amide bonds. The lowest BCUT2D eigenvalue weighted by Crippen LogP contribution is -2.47. The lowest BCUT2D eigenvalue weighted by atomic mass is 9.94. The Morgan fingerprint density at radius 1 is 1.21 bits per heavy atom. The predicted octanol–water partition coefficient (Wildman–Crippen LogP) is 4.08. The van der Waals surface area contributed by atoms with Crippen molar-refractivity contribution in [1.82, 2.24) is 19.8 Å². The van der Waals surface area contributed by atoms with Crippen molar-refractivity contribution in [2.24, 2.45) is 0 Å². The van der Waals surface area contributed by atoms with Crippen LogP contribution in [-0.2, 0) is 6.54 Å². The van der Waals surface area contributed by atoms with Crippen LogP contribution in [0.25, 0.3) is 0 Å². The fourth-order valence-corrected chi connectivity index (χ4v) is 4.25. The third-order valence-electron chi connectivity index (χ3n) is 6.15. The van der Waals surface area contributed by atoms with Gasteiger partial charge in [0.25, 0.3) is 0 Å². The molecule has 0 bridgehead atoms. The van der Waals surface area contributed by atoms with Crippen molar-refractivity contribution in [2.75, 3.05) is 45.8 Å². The normalized spacial score (nSPS) is 14.3. The second-order valence-electron chi connectivity index (χ2n) is 8.96. The highest BCUT2D eigenvalue weighted by molar-refractivity contribution is 5.93. The molecule has 0 radical (unpaired) electrons. The molecule has 8 heteroatoms. The minimum absolute atomic E-state index is 0.0485. The summed E-state index contributed by atoms with van der Waals surface area (Å²) in [5.74, 6) is 1.35. The van der Waals surface area contributed by atoms with E-state index in [9.17, 15) is 4.79 Å². The molecule has 0 aliphatic heterocycles. The first kappa shape index (κ1) is 24.9. The number of imidazole rings is 1. The van der Waals surface area contributed by atoms with Crippen molar-refractivity contribution in [3.05, 3.63) is 36.4 Å². The van der Waals surface area contributed by atoms with Gasteiger partial charge >= 0.3 is 6.03 Å². The fourth-order valence-electron chi connectivity index (χ4n) is 4.25. The van der Waals surface area contributed by atoms with Crippen LogP contribution in [0, 0.1) is 6.92 Å². The van der Waals surface area contributed by atoms with Gasteiger partial charge in [0.05, 0.1) is 13.4 Å². The maximum atomic E-state index is 13.3. The maximum absolute atomic E-state index is 13.3. The fraction of sp³-hybridized carbons (Fsp3) is 0.600. The van der Waals surface area contributed by atoms with E-state index in [1.807, 2.05) is 56.6 Å². The Hall–Kier alpha value is -2.74. The summed E-state index contributed by atoms with van der Waals surface area (Å²) < 4.78 is 13.6. The topological polar surface area (TPSA) is 71.9 Å². The number of carbonyl (C=O) groups is 1. The van der Waals surface area contributed by atoms with Crippen molar-refractivity contribution < 1.29 is 14.3 Å². The summed E-state index contributed by atoms with van der Waals surface area (Å²) in [5.41, 5.74) is 1.98. The molecule has 8 nitrogen and oxygen atoms in total. The Morgan fingerprint density at radius 2 is 2.00 bits per heavy atom. The van der Waals surface area contributed by atoms with Crippen LogP contribution in [0.4, 0.5) is 10.5 Å². The predicted molar refractivity (Wildman–Crippen MR) is 131 cm³/mol. The summed E-state index contributed by atoms with van der Waals surface area (Å²) >= 11 is 0. The third-order valence-corrected chi connectivity index (χ3v) is 6.15. The quantitative estimate of drug-likeness (QED) is 0.515. The van der Waals surface area contributed by atoms with Gasteiger partial charge in [-0.3, -0.25) is 4.90 Å². The molecule has 0 spiro atoms. The van der Waals surface area contributed by atoms with E-state index in [2.05, 4.69) is 19.8 Å². The number of carbonyl (C=O) groups excluding carboxylic acids is 1. The number of aryl methyl sites for hydroxylation is 2. The van der Waals surface area contributed by atoms with Gasteiger partial charge in [-0.25, -0.2) is 9.78 Å². The van der Waals surface area contributed by atoms with Gasteiger partial charge in [-0.05, 0) is 52.4 Å². The number of anilines is 1. The van der Waals surface area contributed by atoms with Crippen LogP contribution in [0.3, 0.4) is 0 Å². The summed E-state index contributed by atoms with van der Waals surface area (Å²) in [6, 6.07) is 5.95. The number of nitrogens with one attached hydrogen (secondary N) is 1. The molecule has 3 rings (SSSR count). The molecule has 0 saturated heterocycles. The molecular weight excluding hydrogens is 418 g/mol. The van der Waals surface area contributed by atoms with Gasteiger partial charge in [0.2, 0.25) is 0 Å². The molecule has 182 valence electrons. The zero-order chi connectivity index (χ0) is 23.6. The largest absolute Gasteiger partial charge is 0.493 e. The Balaban J connectivity index is 1.68. The first-order chi connectivity index (χ1) is 16.0. The number of urea groups is 1. The van der Waals surface area contributed by atoms with Crippen LogP contribution >= 0.6 is 0 Å². The SMILES string of the molecule is COc1cc(N(C(=O)NCCCn2cncc2C)C2CCCCC2)ccc1OCCN(C)C. The van der Waals surface area contributed by atoms with Crippen LogP contribution in [-0.4, -0.2) is 67.4 Å².